The van der Waals surface area contributed by atoms with E-state index in [-0.39, 0.29) is 0 Å². The Morgan fingerprint density at radius 2 is 1.81 bits per heavy atom. The average Bonchev–Trinajstić information content (AvgIpc) is 2.52. The first-order valence-electron chi connectivity index (χ1n) is 6.98. The summed E-state index contributed by atoms with van der Waals surface area (Å²) in [5.41, 5.74) is 1.46. The van der Waals surface area contributed by atoms with Crippen LogP contribution in [0.3, 0.4) is 0 Å². The Kier molecular flexibility index (Phi) is 5.21. The molecular weight excluding hydrogens is 266 g/mol. The molecule has 21 heavy (non-hydrogen) atoms. The van der Waals surface area contributed by atoms with Crippen LogP contribution >= 0.6 is 0 Å². The fourth-order valence-electron chi connectivity index (χ4n) is 1.97. The van der Waals surface area contributed by atoms with Crippen LogP contribution in [0, 0.1) is 0 Å². The summed E-state index contributed by atoms with van der Waals surface area (Å²) in [6, 6.07) is 15.7. The second-order valence-electron chi connectivity index (χ2n) is 4.70. The Bertz CT molecular complexity index is 566. The van der Waals surface area contributed by atoms with Gasteiger partial charge in [0, 0.05) is 5.69 Å². The molecular formula is C17H19NO3. The fraction of sp³-hybridized carbons (Fsp3) is 0.235. The number of benzene rings is 2. The molecule has 2 aromatic rings. The van der Waals surface area contributed by atoms with Crippen molar-refractivity contribution in [2.24, 2.45) is 0 Å². The van der Waals surface area contributed by atoms with Crippen LogP contribution in [0.1, 0.15) is 24.9 Å². The maximum atomic E-state index is 11.4. The monoisotopic (exact) mass is 285 g/mol. The molecule has 1 unspecified atom stereocenters. The maximum Gasteiger partial charge on any atom is 0.330 e. The van der Waals surface area contributed by atoms with E-state index in [1.54, 1.807) is 12.1 Å². The molecule has 0 aromatic heterocycles. The number of carbonyl (C=O) groups is 1. The smallest absolute Gasteiger partial charge is 0.330 e. The molecule has 4 heteroatoms. The largest absolute Gasteiger partial charge is 0.494 e. The summed E-state index contributed by atoms with van der Waals surface area (Å²) in [7, 11) is 0. The first-order chi connectivity index (χ1) is 10.2. The minimum absolute atomic E-state index is 0.675. The van der Waals surface area contributed by atoms with Crippen molar-refractivity contribution in [3.63, 3.8) is 0 Å². The van der Waals surface area contributed by atoms with Crippen molar-refractivity contribution < 1.29 is 14.6 Å². The van der Waals surface area contributed by atoms with E-state index in [9.17, 15) is 9.90 Å². The van der Waals surface area contributed by atoms with Gasteiger partial charge in [0.05, 0.1) is 6.61 Å². The van der Waals surface area contributed by atoms with E-state index in [1.165, 1.54) is 0 Å². The van der Waals surface area contributed by atoms with Gasteiger partial charge in [-0.2, -0.15) is 0 Å². The molecule has 1 atom stereocenters. The SMILES string of the molecule is CCCOc1ccc(NC(C(=O)O)c2ccccc2)cc1. The molecule has 0 amide bonds. The molecule has 4 nitrogen and oxygen atoms in total. The van der Waals surface area contributed by atoms with E-state index in [0.29, 0.717) is 6.61 Å². The van der Waals surface area contributed by atoms with E-state index in [4.69, 9.17) is 4.74 Å². The molecule has 0 spiro atoms. The topological polar surface area (TPSA) is 58.6 Å². The van der Waals surface area contributed by atoms with Gasteiger partial charge in [0.25, 0.3) is 0 Å². The van der Waals surface area contributed by atoms with Crippen LogP contribution < -0.4 is 10.1 Å². The van der Waals surface area contributed by atoms with Gasteiger partial charge >= 0.3 is 5.97 Å². The van der Waals surface area contributed by atoms with Crippen LogP contribution in [0.4, 0.5) is 5.69 Å². The lowest BCUT2D eigenvalue weighted by Crippen LogP contribution is -2.20. The summed E-state index contributed by atoms with van der Waals surface area (Å²) >= 11 is 0. The van der Waals surface area contributed by atoms with Gasteiger partial charge in [0.1, 0.15) is 5.75 Å². The molecule has 0 heterocycles. The van der Waals surface area contributed by atoms with Crippen molar-refractivity contribution in [3.8, 4) is 5.75 Å². The number of rotatable bonds is 7. The van der Waals surface area contributed by atoms with Crippen molar-refractivity contribution >= 4 is 11.7 Å². The van der Waals surface area contributed by atoms with Crippen molar-refractivity contribution in [3.05, 3.63) is 60.2 Å². The standard InChI is InChI=1S/C17H19NO3/c1-2-12-21-15-10-8-14(9-11-15)18-16(17(19)20)13-6-4-3-5-7-13/h3-11,16,18H,2,12H2,1H3,(H,19,20). The molecule has 0 bridgehead atoms. The molecule has 2 aromatic carbocycles. The lowest BCUT2D eigenvalue weighted by Gasteiger charge is -2.16. The second-order valence-corrected chi connectivity index (χ2v) is 4.70. The van der Waals surface area contributed by atoms with Crippen molar-refractivity contribution in [1.29, 1.82) is 0 Å². The van der Waals surface area contributed by atoms with Crippen LogP contribution in [-0.2, 0) is 4.79 Å². The Morgan fingerprint density at radius 3 is 2.38 bits per heavy atom. The molecule has 2 N–H and O–H groups in total. The Morgan fingerprint density at radius 1 is 1.14 bits per heavy atom. The van der Waals surface area contributed by atoms with Gasteiger partial charge in [-0.05, 0) is 36.2 Å². The molecule has 0 saturated heterocycles. The normalized spacial score (nSPS) is 11.7. The highest BCUT2D eigenvalue weighted by molar-refractivity contribution is 5.79. The van der Waals surface area contributed by atoms with Gasteiger partial charge in [-0.1, -0.05) is 37.3 Å². The number of aliphatic carboxylic acids is 1. The number of hydrogen-bond donors (Lipinski definition) is 2. The quantitative estimate of drug-likeness (QED) is 0.814. The number of ether oxygens (including phenoxy) is 1. The number of anilines is 1. The third-order valence-electron chi connectivity index (χ3n) is 3.02. The zero-order chi connectivity index (χ0) is 15.1. The number of nitrogens with one attached hydrogen (secondary N) is 1. The molecule has 0 fully saturated rings. The Hall–Kier alpha value is -2.49. The zero-order valence-electron chi connectivity index (χ0n) is 12.0. The van der Waals surface area contributed by atoms with E-state index < -0.39 is 12.0 Å². The lowest BCUT2D eigenvalue weighted by atomic mass is 10.1. The molecule has 110 valence electrons. The third kappa shape index (κ3) is 4.24. The van der Waals surface area contributed by atoms with Crippen LogP contribution in [0.25, 0.3) is 0 Å². The highest BCUT2D eigenvalue weighted by Crippen LogP contribution is 2.22. The van der Waals surface area contributed by atoms with Crippen molar-refractivity contribution in [2.45, 2.75) is 19.4 Å². The highest BCUT2D eigenvalue weighted by atomic mass is 16.5. The fourth-order valence-corrected chi connectivity index (χ4v) is 1.97. The van der Waals surface area contributed by atoms with E-state index in [2.05, 4.69) is 5.32 Å². The predicted molar refractivity (Wildman–Crippen MR) is 82.7 cm³/mol. The van der Waals surface area contributed by atoms with Crippen molar-refractivity contribution in [2.75, 3.05) is 11.9 Å². The van der Waals surface area contributed by atoms with Gasteiger partial charge in [-0.15, -0.1) is 0 Å². The predicted octanol–water partition coefficient (Wildman–Crippen LogP) is 3.71. The highest BCUT2D eigenvalue weighted by Gasteiger charge is 2.19. The first-order valence-corrected chi connectivity index (χ1v) is 6.98. The Balaban J connectivity index is 2.09. The summed E-state index contributed by atoms with van der Waals surface area (Å²) in [5.74, 6) is -0.124. The van der Waals surface area contributed by atoms with Crippen LogP contribution in [0.2, 0.25) is 0 Å². The van der Waals surface area contributed by atoms with E-state index >= 15 is 0 Å². The molecule has 0 aliphatic carbocycles. The maximum absolute atomic E-state index is 11.4. The Labute approximate surface area is 124 Å². The molecule has 0 radical (unpaired) electrons. The summed E-state index contributed by atoms with van der Waals surface area (Å²) in [4.78, 5) is 11.4. The summed E-state index contributed by atoms with van der Waals surface area (Å²) in [5, 5.41) is 12.4. The summed E-state index contributed by atoms with van der Waals surface area (Å²) in [6.07, 6.45) is 0.953. The number of hydrogen-bond acceptors (Lipinski definition) is 3. The minimum atomic E-state index is -0.910. The summed E-state index contributed by atoms with van der Waals surface area (Å²) in [6.45, 7) is 2.72. The second kappa shape index (κ2) is 7.33. The molecule has 0 aliphatic heterocycles. The van der Waals surface area contributed by atoms with Gasteiger partial charge < -0.3 is 15.2 Å². The van der Waals surface area contributed by atoms with Gasteiger partial charge in [-0.25, -0.2) is 4.79 Å². The number of carboxylic acids is 1. The lowest BCUT2D eigenvalue weighted by molar-refractivity contribution is -0.138. The van der Waals surface area contributed by atoms with Gasteiger partial charge in [-0.3, -0.25) is 0 Å². The molecule has 0 aliphatic rings. The summed E-state index contributed by atoms with van der Waals surface area (Å²) < 4.78 is 5.50. The van der Waals surface area contributed by atoms with Gasteiger partial charge in [0.15, 0.2) is 6.04 Å². The van der Waals surface area contributed by atoms with E-state index in [0.717, 1.165) is 23.4 Å². The van der Waals surface area contributed by atoms with Crippen LogP contribution in [0.15, 0.2) is 54.6 Å². The molecule has 2 rings (SSSR count). The third-order valence-corrected chi connectivity index (χ3v) is 3.02. The first kappa shape index (κ1) is 14.9. The zero-order valence-corrected chi connectivity index (χ0v) is 12.0. The average molecular weight is 285 g/mol. The van der Waals surface area contributed by atoms with Crippen LogP contribution in [0.5, 0.6) is 5.75 Å². The van der Waals surface area contributed by atoms with E-state index in [1.807, 2.05) is 49.4 Å². The van der Waals surface area contributed by atoms with Gasteiger partial charge in [0.2, 0.25) is 0 Å². The molecule has 0 saturated carbocycles. The minimum Gasteiger partial charge on any atom is -0.494 e. The number of carboxylic acid groups (broad SMARTS) is 1. The van der Waals surface area contributed by atoms with Crippen molar-refractivity contribution in [1.82, 2.24) is 0 Å². The van der Waals surface area contributed by atoms with Crippen LogP contribution in [-0.4, -0.2) is 17.7 Å².